The average Bonchev–Trinajstić information content (AvgIpc) is 2.53. The summed E-state index contributed by atoms with van der Waals surface area (Å²) in [6, 6.07) is 3.43. The molecular weight excluding hydrogens is 306 g/mol. The van der Waals surface area contributed by atoms with Crippen molar-refractivity contribution in [3.63, 3.8) is 0 Å². The number of amides is 1. The first kappa shape index (κ1) is 15.0. The summed E-state index contributed by atoms with van der Waals surface area (Å²) in [6.45, 7) is 4.01. The van der Waals surface area contributed by atoms with Crippen LogP contribution in [0.4, 0.5) is 0 Å². The fourth-order valence-corrected chi connectivity index (χ4v) is 2.77. The number of ether oxygens (including phenoxy) is 2. The molecule has 1 amide bonds. The Kier molecular flexibility index (Phi) is 4.13. The summed E-state index contributed by atoms with van der Waals surface area (Å²) in [7, 11) is 1.53. The summed E-state index contributed by atoms with van der Waals surface area (Å²) >= 11 is 6.15. The van der Waals surface area contributed by atoms with Gasteiger partial charge in [0.2, 0.25) is 0 Å². The molecule has 2 aromatic rings. The second-order valence-corrected chi connectivity index (χ2v) is 5.39. The third kappa shape index (κ3) is 2.71. The topological polar surface area (TPSA) is 64.6 Å². The van der Waals surface area contributed by atoms with Gasteiger partial charge in [-0.3, -0.25) is 4.79 Å². The van der Waals surface area contributed by atoms with E-state index in [4.69, 9.17) is 21.1 Å². The van der Waals surface area contributed by atoms with E-state index in [0.717, 1.165) is 0 Å². The molecule has 1 fully saturated rings. The second-order valence-electron chi connectivity index (χ2n) is 5.04. The average molecular weight is 322 g/mol. The van der Waals surface area contributed by atoms with Crippen LogP contribution in [0.5, 0.6) is 5.75 Å². The first-order chi connectivity index (χ1) is 10.6. The van der Waals surface area contributed by atoms with Crippen molar-refractivity contribution in [2.45, 2.75) is 6.92 Å². The lowest BCUT2D eigenvalue weighted by Gasteiger charge is -2.27. The predicted molar refractivity (Wildman–Crippen MR) is 82.6 cm³/mol. The van der Waals surface area contributed by atoms with Gasteiger partial charge < -0.3 is 14.4 Å². The van der Waals surface area contributed by atoms with Gasteiger partial charge in [-0.1, -0.05) is 11.6 Å². The third-order valence-corrected chi connectivity index (χ3v) is 3.90. The minimum atomic E-state index is -0.0885. The Morgan fingerprint density at radius 2 is 2.05 bits per heavy atom. The number of rotatable bonds is 2. The highest BCUT2D eigenvalue weighted by atomic mass is 35.5. The largest absolute Gasteiger partial charge is 0.496 e. The van der Waals surface area contributed by atoms with Crippen LogP contribution in [0.3, 0.4) is 0 Å². The molecule has 1 aliphatic rings. The van der Waals surface area contributed by atoms with E-state index in [1.807, 2.05) is 0 Å². The van der Waals surface area contributed by atoms with E-state index in [2.05, 4.69) is 9.97 Å². The van der Waals surface area contributed by atoms with Crippen molar-refractivity contribution in [3.05, 3.63) is 28.7 Å². The van der Waals surface area contributed by atoms with E-state index in [1.54, 1.807) is 24.0 Å². The SMILES string of the molecule is COc1cc2c(Cl)nc(C)nc2cc1C(=O)N1CCOCC1. The quantitative estimate of drug-likeness (QED) is 0.792. The standard InChI is InChI=1S/C15H16ClN3O3/c1-9-17-12-7-11(15(20)19-3-5-22-6-4-19)13(21-2)8-10(12)14(16)18-9/h7-8H,3-6H2,1-2H3. The summed E-state index contributed by atoms with van der Waals surface area (Å²) in [5.74, 6) is 0.945. The molecule has 0 spiro atoms. The molecule has 116 valence electrons. The van der Waals surface area contributed by atoms with Crippen LogP contribution in [-0.2, 0) is 4.74 Å². The number of hydrogen-bond donors (Lipinski definition) is 0. The molecule has 1 aromatic carbocycles. The number of nitrogens with zero attached hydrogens (tertiary/aromatic N) is 3. The lowest BCUT2D eigenvalue weighted by Crippen LogP contribution is -2.40. The number of morpholine rings is 1. The van der Waals surface area contributed by atoms with Gasteiger partial charge in [-0.05, 0) is 19.1 Å². The summed E-state index contributed by atoms with van der Waals surface area (Å²) in [5.41, 5.74) is 1.11. The van der Waals surface area contributed by atoms with Gasteiger partial charge in [-0.25, -0.2) is 9.97 Å². The summed E-state index contributed by atoms with van der Waals surface area (Å²) in [4.78, 5) is 22.9. The predicted octanol–water partition coefficient (Wildman–Crippen LogP) is 2.07. The molecule has 2 heterocycles. The zero-order valence-electron chi connectivity index (χ0n) is 12.4. The number of benzene rings is 1. The molecule has 0 bridgehead atoms. The molecular formula is C15H16ClN3O3. The number of carbonyl (C=O) groups is 1. The van der Waals surface area contributed by atoms with Gasteiger partial charge in [0.1, 0.15) is 16.7 Å². The number of hydrogen-bond acceptors (Lipinski definition) is 5. The zero-order valence-corrected chi connectivity index (χ0v) is 13.2. The van der Waals surface area contributed by atoms with Gasteiger partial charge in [-0.2, -0.15) is 0 Å². The van der Waals surface area contributed by atoms with E-state index in [-0.39, 0.29) is 5.91 Å². The van der Waals surface area contributed by atoms with Crippen LogP contribution in [0, 0.1) is 6.92 Å². The van der Waals surface area contributed by atoms with Crippen molar-refractivity contribution in [1.29, 1.82) is 0 Å². The summed E-state index contributed by atoms with van der Waals surface area (Å²) in [5, 5.41) is 1.02. The van der Waals surface area contributed by atoms with Crippen molar-refractivity contribution >= 4 is 28.4 Å². The number of carbonyl (C=O) groups excluding carboxylic acids is 1. The Bertz CT molecular complexity index is 730. The number of aromatic nitrogens is 2. The molecule has 0 radical (unpaired) electrons. The zero-order chi connectivity index (χ0) is 15.7. The molecule has 1 aliphatic heterocycles. The van der Waals surface area contributed by atoms with Crippen LogP contribution in [0.2, 0.25) is 5.15 Å². The fraction of sp³-hybridized carbons (Fsp3) is 0.400. The molecule has 1 saturated heterocycles. The summed E-state index contributed by atoms with van der Waals surface area (Å²) in [6.07, 6.45) is 0. The van der Waals surface area contributed by atoms with Crippen molar-refractivity contribution in [1.82, 2.24) is 14.9 Å². The number of fused-ring (bicyclic) bond motifs is 1. The molecule has 0 N–H and O–H groups in total. The van der Waals surface area contributed by atoms with Crippen LogP contribution in [0.1, 0.15) is 16.2 Å². The van der Waals surface area contributed by atoms with Gasteiger partial charge in [0.15, 0.2) is 0 Å². The van der Waals surface area contributed by atoms with Crippen molar-refractivity contribution < 1.29 is 14.3 Å². The van der Waals surface area contributed by atoms with Crippen LogP contribution in [0.25, 0.3) is 10.9 Å². The minimum absolute atomic E-state index is 0.0885. The Balaban J connectivity index is 2.09. The second kappa shape index (κ2) is 6.06. The first-order valence-corrected chi connectivity index (χ1v) is 7.37. The highest BCUT2D eigenvalue weighted by Gasteiger charge is 2.23. The monoisotopic (exact) mass is 321 g/mol. The molecule has 0 saturated carbocycles. The lowest BCUT2D eigenvalue weighted by molar-refractivity contribution is 0.0301. The van der Waals surface area contributed by atoms with Crippen molar-refractivity contribution in [3.8, 4) is 5.75 Å². The van der Waals surface area contributed by atoms with E-state index in [9.17, 15) is 4.79 Å². The highest BCUT2D eigenvalue weighted by Crippen LogP contribution is 2.29. The molecule has 3 rings (SSSR count). The molecule has 6 nitrogen and oxygen atoms in total. The molecule has 7 heteroatoms. The summed E-state index contributed by atoms with van der Waals surface area (Å²) < 4.78 is 10.6. The van der Waals surface area contributed by atoms with Crippen LogP contribution in [0.15, 0.2) is 12.1 Å². The van der Waals surface area contributed by atoms with Crippen molar-refractivity contribution in [2.24, 2.45) is 0 Å². The number of halogens is 1. The molecule has 0 atom stereocenters. The Morgan fingerprint density at radius 1 is 1.32 bits per heavy atom. The van der Waals surface area contributed by atoms with E-state index >= 15 is 0 Å². The number of methoxy groups -OCH3 is 1. The van der Waals surface area contributed by atoms with E-state index < -0.39 is 0 Å². The maximum atomic E-state index is 12.7. The minimum Gasteiger partial charge on any atom is -0.496 e. The Morgan fingerprint density at radius 3 is 2.73 bits per heavy atom. The van der Waals surface area contributed by atoms with Crippen LogP contribution >= 0.6 is 11.6 Å². The van der Waals surface area contributed by atoms with Gasteiger partial charge in [0.25, 0.3) is 5.91 Å². The first-order valence-electron chi connectivity index (χ1n) is 6.99. The maximum Gasteiger partial charge on any atom is 0.257 e. The van der Waals surface area contributed by atoms with Crippen LogP contribution < -0.4 is 4.74 Å². The van der Waals surface area contributed by atoms with Crippen LogP contribution in [-0.4, -0.2) is 54.2 Å². The molecule has 0 aliphatic carbocycles. The Hall–Kier alpha value is -1.92. The van der Waals surface area contributed by atoms with Gasteiger partial charge in [0, 0.05) is 18.5 Å². The molecule has 1 aromatic heterocycles. The normalized spacial score (nSPS) is 15.1. The van der Waals surface area contributed by atoms with Gasteiger partial charge in [-0.15, -0.1) is 0 Å². The van der Waals surface area contributed by atoms with Crippen molar-refractivity contribution in [2.75, 3.05) is 33.4 Å². The molecule has 22 heavy (non-hydrogen) atoms. The molecule has 0 unspecified atom stereocenters. The Labute approximate surface area is 133 Å². The smallest absolute Gasteiger partial charge is 0.257 e. The van der Waals surface area contributed by atoms with Gasteiger partial charge in [0.05, 0.1) is 31.4 Å². The van der Waals surface area contributed by atoms with E-state index in [1.165, 1.54) is 7.11 Å². The lowest BCUT2D eigenvalue weighted by atomic mass is 10.1. The maximum absolute atomic E-state index is 12.7. The van der Waals surface area contributed by atoms with Gasteiger partial charge >= 0.3 is 0 Å². The fourth-order valence-electron chi connectivity index (χ4n) is 2.50. The highest BCUT2D eigenvalue weighted by molar-refractivity contribution is 6.34. The van der Waals surface area contributed by atoms with E-state index in [0.29, 0.717) is 59.5 Å². The number of aryl methyl sites for hydroxylation is 1. The third-order valence-electron chi connectivity index (χ3n) is 3.61.